The first-order valence-electron chi connectivity index (χ1n) is 6.51. The van der Waals surface area contributed by atoms with E-state index in [1.54, 1.807) is 0 Å². The molecule has 2 aromatic carbocycles. The minimum Gasteiger partial charge on any atom is -0.330 e. The summed E-state index contributed by atoms with van der Waals surface area (Å²) < 4.78 is 27.4. The van der Waals surface area contributed by atoms with Crippen molar-refractivity contribution in [3.8, 4) is 0 Å². The zero-order valence-electron chi connectivity index (χ0n) is 12.3. The van der Waals surface area contributed by atoms with Crippen LogP contribution < -0.4 is 10.6 Å². The van der Waals surface area contributed by atoms with Crippen LogP contribution >= 0.6 is 47.0 Å². The van der Waals surface area contributed by atoms with Crippen LogP contribution in [0.3, 0.4) is 0 Å². The maximum Gasteiger partial charge on any atom is 0.310 e. The summed E-state index contributed by atoms with van der Waals surface area (Å²) >= 11 is 21.7. The number of hydrogen-bond donors (Lipinski definition) is 2. The van der Waals surface area contributed by atoms with Crippen molar-refractivity contribution in [2.24, 2.45) is 0 Å². The van der Waals surface area contributed by atoms with Crippen LogP contribution in [0.4, 0.5) is 20.2 Å². The van der Waals surface area contributed by atoms with Gasteiger partial charge in [0.1, 0.15) is 16.7 Å². The number of carbonyl (C=O) groups excluding carboxylic acids is 1. The Balaban J connectivity index is 2.24. The molecule has 0 bridgehead atoms. The molecule has 0 atom stereocenters. The van der Waals surface area contributed by atoms with Crippen LogP contribution in [0, 0.1) is 21.7 Å². The third-order valence-corrected chi connectivity index (χ3v) is 4.15. The Morgan fingerprint density at radius 2 is 1.77 bits per heavy atom. The molecule has 12 heteroatoms. The number of nitrogens with one attached hydrogen (secondary N) is 2. The minimum atomic E-state index is -1.21. The van der Waals surface area contributed by atoms with Crippen LogP contribution in [0.2, 0.25) is 15.1 Å². The highest BCUT2D eigenvalue weighted by Crippen LogP contribution is 2.37. The van der Waals surface area contributed by atoms with E-state index in [1.807, 2.05) is 0 Å². The van der Waals surface area contributed by atoms with E-state index >= 15 is 0 Å². The molecule has 0 radical (unpaired) electrons. The molecule has 6 nitrogen and oxygen atoms in total. The summed E-state index contributed by atoms with van der Waals surface area (Å²) in [7, 11) is 0. The van der Waals surface area contributed by atoms with Gasteiger partial charge in [0, 0.05) is 5.02 Å². The van der Waals surface area contributed by atoms with E-state index in [9.17, 15) is 23.7 Å². The number of hydrogen-bond acceptors (Lipinski definition) is 4. The Morgan fingerprint density at radius 1 is 1.12 bits per heavy atom. The van der Waals surface area contributed by atoms with Crippen molar-refractivity contribution in [3.63, 3.8) is 0 Å². The molecule has 0 unspecified atom stereocenters. The number of nitrogens with zero attached hydrogens (tertiary/aromatic N) is 1. The van der Waals surface area contributed by atoms with Crippen molar-refractivity contribution >= 4 is 69.4 Å². The van der Waals surface area contributed by atoms with Gasteiger partial charge in [-0.15, -0.1) is 0 Å². The Hall–Kier alpha value is -2.07. The van der Waals surface area contributed by atoms with E-state index < -0.39 is 43.8 Å². The zero-order valence-corrected chi connectivity index (χ0v) is 15.4. The molecule has 136 valence electrons. The summed E-state index contributed by atoms with van der Waals surface area (Å²) in [5.41, 5.74) is -1.61. The molecule has 1 amide bonds. The predicted molar refractivity (Wildman–Crippen MR) is 98.2 cm³/mol. The average molecular weight is 441 g/mol. The second-order valence-electron chi connectivity index (χ2n) is 4.67. The van der Waals surface area contributed by atoms with Crippen molar-refractivity contribution in [1.29, 1.82) is 0 Å². The van der Waals surface area contributed by atoms with Crippen molar-refractivity contribution in [3.05, 3.63) is 66.6 Å². The van der Waals surface area contributed by atoms with Gasteiger partial charge in [-0.2, -0.15) is 0 Å². The third-order valence-electron chi connectivity index (χ3n) is 2.97. The number of halogens is 5. The van der Waals surface area contributed by atoms with E-state index in [0.29, 0.717) is 6.07 Å². The highest BCUT2D eigenvalue weighted by Gasteiger charge is 2.28. The molecule has 2 N–H and O–H groups in total. The molecule has 0 fully saturated rings. The van der Waals surface area contributed by atoms with E-state index in [2.05, 4.69) is 10.6 Å². The summed E-state index contributed by atoms with van der Waals surface area (Å²) in [6.07, 6.45) is 0. The van der Waals surface area contributed by atoms with Gasteiger partial charge in [-0.3, -0.25) is 20.2 Å². The molecule has 0 aromatic heterocycles. The van der Waals surface area contributed by atoms with Crippen molar-refractivity contribution < 1.29 is 18.5 Å². The molecule has 0 saturated heterocycles. The molecular formula is C14H6Cl3F2N3O3S. The SMILES string of the molecule is O=C(NC(=S)Nc1ccc(Cl)cc1F)c1cc(F)c(Cl)c([N+](=O)[O-])c1Cl. The van der Waals surface area contributed by atoms with Crippen molar-refractivity contribution in [2.75, 3.05) is 5.32 Å². The smallest absolute Gasteiger partial charge is 0.310 e. The maximum absolute atomic E-state index is 13.7. The first kappa shape index (κ1) is 20.2. The normalized spacial score (nSPS) is 10.3. The fourth-order valence-electron chi connectivity index (χ4n) is 1.83. The molecular weight excluding hydrogens is 435 g/mol. The lowest BCUT2D eigenvalue weighted by atomic mass is 10.1. The van der Waals surface area contributed by atoms with Crippen LogP contribution in [-0.2, 0) is 0 Å². The van der Waals surface area contributed by atoms with Crippen molar-refractivity contribution in [1.82, 2.24) is 5.32 Å². The fourth-order valence-corrected chi connectivity index (χ4v) is 2.76. The summed E-state index contributed by atoms with van der Waals surface area (Å²) in [4.78, 5) is 22.1. The number of amides is 1. The molecule has 0 spiro atoms. The van der Waals surface area contributed by atoms with Crippen LogP contribution in [0.1, 0.15) is 10.4 Å². The second-order valence-corrected chi connectivity index (χ2v) is 6.27. The summed E-state index contributed by atoms with van der Waals surface area (Å²) in [5.74, 6) is -3.00. The molecule has 2 aromatic rings. The highest BCUT2D eigenvalue weighted by atomic mass is 35.5. The molecule has 0 aliphatic carbocycles. The third kappa shape index (κ3) is 4.36. The number of carbonyl (C=O) groups is 1. The van der Waals surface area contributed by atoms with Gasteiger partial charge >= 0.3 is 5.69 Å². The Kier molecular flexibility index (Phi) is 6.30. The predicted octanol–water partition coefficient (Wildman–Crippen LogP) is 4.96. The van der Waals surface area contributed by atoms with Crippen LogP contribution in [-0.4, -0.2) is 15.9 Å². The van der Waals surface area contributed by atoms with Gasteiger partial charge in [0.15, 0.2) is 10.1 Å². The maximum atomic E-state index is 13.7. The average Bonchev–Trinajstić information content (AvgIpc) is 2.53. The zero-order chi connectivity index (χ0) is 19.6. The molecule has 2 rings (SSSR count). The molecule has 0 saturated carbocycles. The Bertz CT molecular complexity index is 943. The van der Waals surface area contributed by atoms with Gasteiger partial charge < -0.3 is 5.32 Å². The second kappa shape index (κ2) is 8.09. The molecule has 26 heavy (non-hydrogen) atoms. The van der Waals surface area contributed by atoms with Gasteiger partial charge in [0.25, 0.3) is 5.91 Å². The lowest BCUT2D eigenvalue weighted by Crippen LogP contribution is -2.34. The lowest BCUT2D eigenvalue weighted by Gasteiger charge is -2.11. The number of rotatable bonds is 3. The number of nitro benzene ring substituents is 1. The van der Waals surface area contributed by atoms with Gasteiger partial charge in [-0.1, -0.05) is 34.8 Å². The van der Waals surface area contributed by atoms with E-state index in [0.717, 1.165) is 6.07 Å². The van der Waals surface area contributed by atoms with Crippen molar-refractivity contribution in [2.45, 2.75) is 0 Å². The molecule has 0 heterocycles. The quantitative estimate of drug-likeness (QED) is 0.305. The van der Waals surface area contributed by atoms with E-state index in [1.165, 1.54) is 12.1 Å². The van der Waals surface area contributed by atoms with Gasteiger partial charge in [-0.25, -0.2) is 8.78 Å². The Labute approximate surface area is 165 Å². The van der Waals surface area contributed by atoms with E-state index in [4.69, 9.17) is 47.0 Å². The summed E-state index contributed by atoms with van der Waals surface area (Å²) in [5, 5.41) is 13.7. The minimum absolute atomic E-state index is 0.0842. The summed E-state index contributed by atoms with van der Waals surface area (Å²) in [6, 6.07) is 4.30. The number of benzene rings is 2. The van der Waals surface area contributed by atoms with Crippen LogP contribution in [0.25, 0.3) is 0 Å². The number of thiocarbonyl (C=S) groups is 1. The van der Waals surface area contributed by atoms with Gasteiger partial charge in [-0.05, 0) is 36.5 Å². The van der Waals surface area contributed by atoms with Gasteiger partial charge in [0.2, 0.25) is 0 Å². The first-order chi connectivity index (χ1) is 12.1. The Morgan fingerprint density at radius 3 is 2.35 bits per heavy atom. The van der Waals surface area contributed by atoms with Gasteiger partial charge in [0.05, 0.1) is 16.2 Å². The number of anilines is 1. The largest absolute Gasteiger partial charge is 0.330 e. The lowest BCUT2D eigenvalue weighted by molar-refractivity contribution is -0.384. The molecule has 0 aliphatic heterocycles. The number of nitro groups is 1. The highest BCUT2D eigenvalue weighted by molar-refractivity contribution is 7.80. The van der Waals surface area contributed by atoms with Crippen LogP contribution in [0.15, 0.2) is 24.3 Å². The topological polar surface area (TPSA) is 84.3 Å². The monoisotopic (exact) mass is 439 g/mol. The fraction of sp³-hybridized carbons (Fsp3) is 0. The first-order valence-corrected chi connectivity index (χ1v) is 8.05. The molecule has 0 aliphatic rings. The van der Waals surface area contributed by atoms with Crippen LogP contribution in [0.5, 0.6) is 0 Å². The van der Waals surface area contributed by atoms with E-state index in [-0.39, 0.29) is 15.8 Å². The summed E-state index contributed by atoms with van der Waals surface area (Å²) in [6.45, 7) is 0. The standard InChI is InChI=1S/C14H6Cl3F2N3O3S/c15-5-1-2-9(7(18)3-5)20-14(26)21-13(23)6-4-8(19)11(17)12(10(6)16)22(24)25/h1-4H,(H2,20,21,23,26).